The van der Waals surface area contributed by atoms with E-state index in [1.807, 2.05) is 39.0 Å². The van der Waals surface area contributed by atoms with Crippen LogP contribution in [0.25, 0.3) is 0 Å². The van der Waals surface area contributed by atoms with Gasteiger partial charge in [0.2, 0.25) is 5.91 Å². The average Bonchev–Trinajstić information content (AvgIpc) is 2.50. The van der Waals surface area contributed by atoms with Gasteiger partial charge in [0.1, 0.15) is 11.9 Å². The summed E-state index contributed by atoms with van der Waals surface area (Å²) < 4.78 is 5.66. The van der Waals surface area contributed by atoms with Crippen LogP contribution in [-0.4, -0.2) is 23.7 Å². The second kappa shape index (κ2) is 6.27. The molecule has 0 saturated carbocycles. The number of carbonyl (C=O) groups is 1. The summed E-state index contributed by atoms with van der Waals surface area (Å²) in [5.74, 6) is 1.01. The minimum Gasteiger partial charge on any atom is -0.493 e. The maximum absolute atomic E-state index is 11.9. The van der Waals surface area contributed by atoms with Crippen molar-refractivity contribution in [3.63, 3.8) is 0 Å². The maximum Gasteiger partial charge on any atom is 0.220 e. The minimum absolute atomic E-state index is 0.0137. The van der Waals surface area contributed by atoms with Crippen LogP contribution in [0.1, 0.15) is 43.9 Å². The number of hydrogen-bond acceptors (Lipinski definition) is 3. The highest BCUT2D eigenvalue weighted by atomic mass is 16.5. The van der Waals surface area contributed by atoms with Crippen LogP contribution in [0.4, 0.5) is 0 Å². The van der Waals surface area contributed by atoms with E-state index in [0.29, 0.717) is 31.1 Å². The van der Waals surface area contributed by atoms with Crippen LogP contribution in [0.15, 0.2) is 18.2 Å². The Morgan fingerprint density at radius 1 is 1.50 bits per heavy atom. The number of hydrogen-bond donors (Lipinski definition) is 2. The van der Waals surface area contributed by atoms with E-state index in [4.69, 9.17) is 4.74 Å². The lowest BCUT2D eigenvalue weighted by Crippen LogP contribution is -2.39. The summed E-state index contributed by atoms with van der Waals surface area (Å²) >= 11 is 0. The molecular formula is C16H23NO3. The van der Waals surface area contributed by atoms with E-state index >= 15 is 0 Å². The minimum atomic E-state index is -0.719. The van der Waals surface area contributed by atoms with E-state index in [9.17, 15) is 9.90 Å². The summed E-state index contributed by atoms with van der Waals surface area (Å²) in [6, 6.07) is 5.48. The molecule has 1 aromatic carbocycles. The van der Waals surface area contributed by atoms with Crippen molar-refractivity contribution >= 4 is 5.91 Å². The van der Waals surface area contributed by atoms with Gasteiger partial charge in [-0.05, 0) is 25.0 Å². The fourth-order valence-corrected chi connectivity index (χ4v) is 2.49. The molecule has 2 rings (SSSR count). The number of amides is 1. The zero-order chi connectivity index (χ0) is 14.7. The largest absolute Gasteiger partial charge is 0.493 e. The van der Waals surface area contributed by atoms with Crippen molar-refractivity contribution < 1.29 is 14.6 Å². The molecule has 1 aliphatic rings. The predicted octanol–water partition coefficient (Wildman–Crippen LogP) is 2.34. The Labute approximate surface area is 120 Å². The molecule has 1 heterocycles. The van der Waals surface area contributed by atoms with Gasteiger partial charge in [-0.25, -0.2) is 0 Å². The molecule has 2 N–H and O–H groups in total. The molecular weight excluding hydrogens is 254 g/mol. The van der Waals surface area contributed by atoms with Crippen LogP contribution in [-0.2, 0) is 4.79 Å². The number of benzene rings is 1. The molecule has 110 valence electrons. The molecule has 1 amide bonds. The van der Waals surface area contributed by atoms with Crippen LogP contribution in [0, 0.1) is 12.8 Å². The van der Waals surface area contributed by atoms with Gasteiger partial charge < -0.3 is 15.2 Å². The van der Waals surface area contributed by atoms with Gasteiger partial charge in [0.25, 0.3) is 0 Å². The highest BCUT2D eigenvalue weighted by Gasteiger charge is 2.28. The highest BCUT2D eigenvalue weighted by Crippen LogP contribution is 2.32. The van der Waals surface area contributed by atoms with Gasteiger partial charge in [0, 0.05) is 18.4 Å². The van der Waals surface area contributed by atoms with Crippen LogP contribution in [0.2, 0.25) is 0 Å². The number of carbonyl (C=O) groups excluding carboxylic acids is 1. The lowest BCUT2D eigenvalue weighted by Gasteiger charge is -2.22. The lowest BCUT2D eigenvalue weighted by atomic mass is 9.98. The summed E-state index contributed by atoms with van der Waals surface area (Å²) in [7, 11) is 0. The van der Waals surface area contributed by atoms with E-state index < -0.39 is 6.10 Å². The topological polar surface area (TPSA) is 58.6 Å². The highest BCUT2D eigenvalue weighted by molar-refractivity contribution is 5.76. The zero-order valence-corrected chi connectivity index (χ0v) is 12.3. The molecule has 2 atom stereocenters. The predicted molar refractivity (Wildman–Crippen MR) is 77.6 cm³/mol. The molecule has 0 spiro atoms. The fourth-order valence-electron chi connectivity index (χ4n) is 2.49. The third-order valence-electron chi connectivity index (χ3n) is 3.49. The molecule has 1 aliphatic heterocycles. The van der Waals surface area contributed by atoms with Crippen molar-refractivity contribution in [2.45, 2.75) is 45.8 Å². The second-order valence-electron chi connectivity index (χ2n) is 5.90. The van der Waals surface area contributed by atoms with Crippen molar-refractivity contribution in [1.82, 2.24) is 5.32 Å². The number of ether oxygens (including phenoxy) is 1. The third kappa shape index (κ3) is 3.51. The van der Waals surface area contributed by atoms with Crippen LogP contribution < -0.4 is 10.1 Å². The summed E-state index contributed by atoms with van der Waals surface area (Å²) in [5.41, 5.74) is 1.83. The maximum atomic E-state index is 11.9. The molecule has 0 aromatic heterocycles. The van der Waals surface area contributed by atoms with E-state index in [2.05, 4.69) is 5.32 Å². The molecule has 0 aliphatic carbocycles. The van der Waals surface area contributed by atoms with Gasteiger partial charge in [-0.3, -0.25) is 4.79 Å². The van der Waals surface area contributed by atoms with Crippen LogP contribution in [0.5, 0.6) is 5.75 Å². The quantitative estimate of drug-likeness (QED) is 0.891. The molecule has 1 aromatic rings. The molecule has 4 nitrogen and oxygen atoms in total. The van der Waals surface area contributed by atoms with Gasteiger partial charge >= 0.3 is 0 Å². The standard InChI is InChI=1S/C16H23NO3/c1-10(2)8-15(18)17-13-6-7-20-14-5-4-11(3)9-12(14)16(13)19/h4-5,9-10,13,16,19H,6-8H2,1-3H3,(H,17,18). The van der Waals surface area contributed by atoms with E-state index in [1.165, 1.54) is 0 Å². The molecule has 0 saturated heterocycles. The van der Waals surface area contributed by atoms with Crippen LogP contribution >= 0.6 is 0 Å². The smallest absolute Gasteiger partial charge is 0.220 e. The van der Waals surface area contributed by atoms with Gasteiger partial charge in [-0.15, -0.1) is 0 Å². The number of nitrogens with one attached hydrogen (secondary N) is 1. The normalized spacial score (nSPS) is 21.9. The molecule has 0 radical (unpaired) electrons. The SMILES string of the molecule is Cc1ccc2c(c1)C(O)C(NC(=O)CC(C)C)CCO2. The Hall–Kier alpha value is -1.55. The molecule has 20 heavy (non-hydrogen) atoms. The summed E-state index contributed by atoms with van der Waals surface area (Å²) in [4.78, 5) is 11.9. The monoisotopic (exact) mass is 277 g/mol. The molecule has 4 heteroatoms. The number of aliphatic hydroxyl groups excluding tert-OH is 1. The Balaban J connectivity index is 2.14. The second-order valence-corrected chi connectivity index (χ2v) is 5.90. The first-order valence-electron chi connectivity index (χ1n) is 7.18. The fraction of sp³-hybridized carbons (Fsp3) is 0.562. The van der Waals surface area contributed by atoms with Crippen molar-refractivity contribution in [2.75, 3.05) is 6.61 Å². The van der Waals surface area contributed by atoms with Crippen molar-refractivity contribution in [2.24, 2.45) is 5.92 Å². The Morgan fingerprint density at radius 3 is 2.95 bits per heavy atom. The van der Waals surface area contributed by atoms with Gasteiger partial charge in [0.05, 0.1) is 12.6 Å². The van der Waals surface area contributed by atoms with Crippen molar-refractivity contribution in [1.29, 1.82) is 0 Å². The number of fused-ring (bicyclic) bond motifs is 1. The van der Waals surface area contributed by atoms with E-state index in [-0.39, 0.29) is 11.9 Å². The van der Waals surface area contributed by atoms with Crippen molar-refractivity contribution in [3.05, 3.63) is 29.3 Å². The average molecular weight is 277 g/mol. The van der Waals surface area contributed by atoms with E-state index in [1.54, 1.807) is 0 Å². The molecule has 0 fully saturated rings. The first-order valence-corrected chi connectivity index (χ1v) is 7.18. The number of rotatable bonds is 3. The van der Waals surface area contributed by atoms with Crippen molar-refractivity contribution in [3.8, 4) is 5.75 Å². The number of aliphatic hydroxyl groups is 1. The lowest BCUT2D eigenvalue weighted by molar-refractivity contribution is -0.123. The number of aryl methyl sites for hydroxylation is 1. The first kappa shape index (κ1) is 14.9. The Kier molecular flexibility index (Phi) is 4.65. The molecule has 2 unspecified atom stereocenters. The zero-order valence-electron chi connectivity index (χ0n) is 12.3. The van der Waals surface area contributed by atoms with Gasteiger partial charge in [0.15, 0.2) is 0 Å². The van der Waals surface area contributed by atoms with Gasteiger partial charge in [-0.2, -0.15) is 0 Å². The summed E-state index contributed by atoms with van der Waals surface area (Å²) in [6.07, 6.45) is 0.368. The Bertz CT molecular complexity index is 485. The summed E-state index contributed by atoms with van der Waals surface area (Å²) in [5, 5.41) is 13.4. The third-order valence-corrected chi connectivity index (χ3v) is 3.49. The van der Waals surface area contributed by atoms with E-state index in [0.717, 1.165) is 11.1 Å². The summed E-state index contributed by atoms with van der Waals surface area (Å²) in [6.45, 7) is 6.49. The Morgan fingerprint density at radius 2 is 2.25 bits per heavy atom. The first-order chi connectivity index (χ1) is 9.47. The van der Waals surface area contributed by atoms with Gasteiger partial charge in [-0.1, -0.05) is 25.5 Å². The molecule has 0 bridgehead atoms. The van der Waals surface area contributed by atoms with Crippen LogP contribution in [0.3, 0.4) is 0 Å².